The van der Waals surface area contributed by atoms with Gasteiger partial charge in [-0.2, -0.15) is 0 Å². The van der Waals surface area contributed by atoms with E-state index in [9.17, 15) is 4.79 Å². The van der Waals surface area contributed by atoms with Crippen LogP contribution in [0, 0.1) is 0 Å². The van der Waals surface area contributed by atoms with Crippen molar-refractivity contribution in [3.63, 3.8) is 0 Å². The summed E-state index contributed by atoms with van der Waals surface area (Å²) in [6.45, 7) is 4.10. The molecule has 3 heterocycles. The lowest BCUT2D eigenvalue weighted by Gasteiger charge is -2.10. The number of hydrogen-bond donors (Lipinski definition) is 2. The van der Waals surface area contributed by atoms with Crippen LogP contribution in [0.25, 0.3) is 22.4 Å². The Kier molecular flexibility index (Phi) is 4.49. The van der Waals surface area contributed by atoms with E-state index in [0.29, 0.717) is 22.9 Å². The molecule has 4 aromatic rings. The summed E-state index contributed by atoms with van der Waals surface area (Å²) in [5.74, 6) is 0.902. The molecule has 0 saturated heterocycles. The Hall–Kier alpha value is -3.00. The van der Waals surface area contributed by atoms with E-state index in [1.807, 2.05) is 48.7 Å². The van der Waals surface area contributed by atoms with Gasteiger partial charge in [0.1, 0.15) is 17.8 Å². The van der Waals surface area contributed by atoms with Crippen LogP contribution in [0.4, 0.5) is 5.82 Å². The summed E-state index contributed by atoms with van der Waals surface area (Å²) >= 11 is 3.43. The molecular weight excluding hydrogens is 408 g/mol. The van der Waals surface area contributed by atoms with Crippen molar-refractivity contribution in [3.05, 3.63) is 59.0 Å². The van der Waals surface area contributed by atoms with Crippen molar-refractivity contribution in [2.24, 2.45) is 0 Å². The first-order valence-electron chi connectivity index (χ1n) is 8.48. The molecule has 1 amide bonds. The molecule has 2 N–H and O–H groups in total. The number of halogens is 1. The summed E-state index contributed by atoms with van der Waals surface area (Å²) in [6, 6.07) is 11.4. The molecule has 1 aromatic carbocycles. The zero-order chi connectivity index (χ0) is 19.0. The summed E-state index contributed by atoms with van der Waals surface area (Å²) in [6.07, 6.45) is 3.38. The molecule has 0 bridgehead atoms. The highest BCUT2D eigenvalue weighted by atomic mass is 79.9. The second-order valence-electron chi connectivity index (χ2n) is 6.41. The van der Waals surface area contributed by atoms with Crippen LogP contribution in [0.2, 0.25) is 0 Å². The van der Waals surface area contributed by atoms with Crippen LogP contribution in [0.1, 0.15) is 30.2 Å². The smallest absolute Gasteiger partial charge is 0.258 e. The summed E-state index contributed by atoms with van der Waals surface area (Å²) < 4.78 is 2.89. The molecule has 136 valence electrons. The third kappa shape index (κ3) is 3.35. The van der Waals surface area contributed by atoms with E-state index in [1.165, 1.54) is 0 Å². The molecule has 27 heavy (non-hydrogen) atoms. The number of nitrogens with zero attached hydrogens (tertiary/aromatic N) is 4. The monoisotopic (exact) mass is 424 g/mol. The zero-order valence-electron chi connectivity index (χ0n) is 14.8. The Balaban J connectivity index is 1.63. The van der Waals surface area contributed by atoms with Crippen LogP contribution >= 0.6 is 15.9 Å². The summed E-state index contributed by atoms with van der Waals surface area (Å²) in [7, 11) is 0. The number of amides is 1. The summed E-state index contributed by atoms with van der Waals surface area (Å²) in [4.78, 5) is 20.4. The van der Waals surface area contributed by atoms with Gasteiger partial charge >= 0.3 is 0 Å². The molecule has 0 spiro atoms. The number of aromatic nitrogens is 5. The number of anilines is 1. The van der Waals surface area contributed by atoms with Gasteiger partial charge in [0.15, 0.2) is 5.82 Å². The number of carbonyl (C=O) groups excluding carboxylic acids is 1. The minimum atomic E-state index is -0.224. The highest BCUT2D eigenvalue weighted by Gasteiger charge is 2.15. The van der Waals surface area contributed by atoms with Crippen molar-refractivity contribution < 1.29 is 4.79 Å². The first-order chi connectivity index (χ1) is 13.0. The number of carbonyl (C=O) groups is 1. The number of nitrogens with one attached hydrogen (secondary N) is 2. The van der Waals surface area contributed by atoms with Gasteiger partial charge in [0, 0.05) is 27.6 Å². The lowest BCUT2D eigenvalue weighted by atomic mass is 10.1. The molecule has 4 rings (SSSR count). The SMILES string of the molecule is CC(C)n1cnnc1-c1cccc(NC(=O)c2c[nH]c3cc(Br)ccc23)n1. The van der Waals surface area contributed by atoms with E-state index in [2.05, 4.69) is 41.4 Å². The fourth-order valence-electron chi connectivity index (χ4n) is 2.90. The lowest BCUT2D eigenvalue weighted by Crippen LogP contribution is -2.13. The first kappa shape index (κ1) is 17.4. The number of rotatable bonds is 4. The maximum Gasteiger partial charge on any atom is 0.258 e. The van der Waals surface area contributed by atoms with E-state index in [-0.39, 0.29) is 11.9 Å². The Bertz CT molecular complexity index is 1130. The van der Waals surface area contributed by atoms with Crippen molar-refractivity contribution >= 4 is 38.6 Å². The van der Waals surface area contributed by atoms with Gasteiger partial charge in [-0.15, -0.1) is 10.2 Å². The van der Waals surface area contributed by atoms with Crippen molar-refractivity contribution in [1.82, 2.24) is 24.7 Å². The maximum atomic E-state index is 12.7. The molecule has 0 aliphatic carbocycles. The van der Waals surface area contributed by atoms with E-state index < -0.39 is 0 Å². The molecule has 8 heteroatoms. The van der Waals surface area contributed by atoms with Crippen LogP contribution < -0.4 is 5.32 Å². The fourth-order valence-corrected chi connectivity index (χ4v) is 3.26. The molecule has 0 fully saturated rings. The topological polar surface area (TPSA) is 88.5 Å². The van der Waals surface area contributed by atoms with E-state index in [1.54, 1.807) is 18.6 Å². The van der Waals surface area contributed by atoms with Gasteiger partial charge in [-0.3, -0.25) is 4.79 Å². The van der Waals surface area contributed by atoms with Gasteiger partial charge in [-0.05, 0) is 38.1 Å². The van der Waals surface area contributed by atoms with Crippen LogP contribution in [-0.2, 0) is 0 Å². The molecule has 0 saturated carbocycles. The minimum absolute atomic E-state index is 0.209. The number of fused-ring (bicyclic) bond motifs is 1. The van der Waals surface area contributed by atoms with Gasteiger partial charge in [0.05, 0.1) is 5.56 Å². The number of H-pyrrole nitrogens is 1. The Morgan fingerprint density at radius 1 is 1.26 bits per heavy atom. The Morgan fingerprint density at radius 2 is 2.11 bits per heavy atom. The quantitative estimate of drug-likeness (QED) is 0.507. The predicted octanol–water partition coefficient (Wildman–Crippen LogP) is 4.42. The third-order valence-electron chi connectivity index (χ3n) is 4.24. The van der Waals surface area contributed by atoms with E-state index in [0.717, 1.165) is 15.4 Å². The highest BCUT2D eigenvalue weighted by molar-refractivity contribution is 9.10. The van der Waals surface area contributed by atoms with Gasteiger partial charge in [-0.1, -0.05) is 28.1 Å². The molecule has 3 aromatic heterocycles. The summed E-state index contributed by atoms with van der Waals surface area (Å²) in [5, 5.41) is 11.8. The number of benzene rings is 1. The molecule has 7 nitrogen and oxygen atoms in total. The zero-order valence-corrected chi connectivity index (χ0v) is 16.4. The lowest BCUT2D eigenvalue weighted by molar-refractivity contribution is 0.102. The second-order valence-corrected chi connectivity index (χ2v) is 7.33. The molecule has 0 unspecified atom stereocenters. The molecule has 0 aliphatic rings. The largest absolute Gasteiger partial charge is 0.360 e. The second kappa shape index (κ2) is 6.96. The first-order valence-corrected chi connectivity index (χ1v) is 9.27. The molecule has 0 aliphatic heterocycles. The standard InChI is InChI=1S/C19H17BrN6O/c1-11(2)26-10-22-25-18(26)15-4-3-5-17(23-15)24-19(27)14-9-21-16-8-12(20)6-7-13(14)16/h3-11,21H,1-2H3,(H,23,24,27). The van der Waals surface area contributed by atoms with Crippen molar-refractivity contribution in [3.8, 4) is 11.5 Å². The molecule has 0 atom stereocenters. The maximum absolute atomic E-state index is 12.7. The number of pyridine rings is 1. The van der Waals surface area contributed by atoms with Crippen molar-refractivity contribution in [2.45, 2.75) is 19.9 Å². The average molecular weight is 425 g/mol. The van der Waals surface area contributed by atoms with Crippen molar-refractivity contribution in [2.75, 3.05) is 5.32 Å². The Morgan fingerprint density at radius 3 is 2.93 bits per heavy atom. The normalized spacial score (nSPS) is 11.3. The van der Waals surface area contributed by atoms with Gasteiger partial charge in [0.2, 0.25) is 0 Å². The van der Waals surface area contributed by atoms with Gasteiger partial charge in [0.25, 0.3) is 5.91 Å². The van der Waals surface area contributed by atoms with Crippen LogP contribution in [0.3, 0.4) is 0 Å². The van der Waals surface area contributed by atoms with Crippen LogP contribution in [0.15, 0.2) is 53.4 Å². The predicted molar refractivity (Wildman–Crippen MR) is 108 cm³/mol. The van der Waals surface area contributed by atoms with Crippen molar-refractivity contribution in [1.29, 1.82) is 0 Å². The number of aromatic amines is 1. The van der Waals surface area contributed by atoms with Crippen LogP contribution in [-0.4, -0.2) is 30.6 Å². The average Bonchev–Trinajstić information content (AvgIpc) is 3.28. The fraction of sp³-hybridized carbons (Fsp3) is 0.158. The number of hydrogen-bond acceptors (Lipinski definition) is 4. The molecule has 0 radical (unpaired) electrons. The Labute approximate surface area is 164 Å². The van der Waals surface area contributed by atoms with E-state index >= 15 is 0 Å². The third-order valence-corrected chi connectivity index (χ3v) is 4.73. The van der Waals surface area contributed by atoms with Gasteiger partial charge in [-0.25, -0.2) is 4.98 Å². The van der Waals surface area contributed by atoms with Gasteiger partial charge < -0.3 is 14.9 Å². The summed E-state index contributed by atoms with van der Waals surface area (Å²) in [5.41, 5.74) is 2.11. The molecular formula is C19H17BrN6O. The highest BCUT2D eigenvalue weighted by Crippen LogP contribution is 2.24. The minimum Gasteiger partial charge on any atom is -0.360 e. The van der Waals surface area contributed by atoms with Crippen LogP contribution in [0.5, 0.6) is 0 Å². The van der Waals surface area contributed by atoms with E-state index in [4.69, 9.17) is 0 Å².